The van der Waals surface area contributed by atoms with Gasteiger partial charge in [0.25, 0.3) is 21.6 Å². The number of H-pyrrole nitrogens is 1. The van der Waals surface area contributed by atoms with Crippen LogP contribution in [0.3, 0.4) is 0 Å². The molecule has 8 rings (SSSR count). The number of nitro benzene ring substituents is 1. The molecule has 4 aromatic carbocycles. The minimum atomic E-state index is -4.60. The molecule has 0 spiro atoms. The van der Waals surface area contributed by atoms with E-state index in [9.17, 15) is 23.3 Å². The van der Waals surface area contributed by atoms with Gasteiger partial charge in [0, 0.05) is 73.7 Å². The number of benzene rings is 4. The minimum Gasteiger partial charge on any atom is -0.496 e. The number of hydrogen-bond acceptors (Lipinski definition) is 11. The topological polar surface area (TPSA) is 172 Å². The molecule has 362 valence electrons. The standard InChI is InChI=1S/C49H51ClN7O7S.2CH3.Au/c1-4-25-63-39-12-5-33(6-13-39)30-52-44-16-14-41(28-45(44)57(59)60)65(61,62)54-48(58)42-15-11-38(27-46(42)64-40-26-35-18-20-51-47(35)53-31-40)56-23-21-55(22-24-56)32-36-17-19-49(2,3)29-43(36)34-7-9-37(50)10-8-34;;;/h5-16,18,20,26-28,31,52H,1,4,17,19,21-25,29-30,32H2,2-3H3,(H,51,53)(H,54,58);2*1H3;/q3*-1;+3. The molecule has 3 heterocycles. The Morgan fingerprint density at radius 1 is 0.956 bits per heavy atom. The average Bonchev–Trinajstić information content (AvgIpc) is 3.77. The van der Waals surface area contributed by atoms with Crippen LogP contribution in [0.25, 0.3) is 16.6 Å². The van der Waals surface area contributed by atoms with Gasteiger partial charge in [0.1, 0.15) is 28.6 Å². The van der Waals surface area contributed by atoms with Gasteiger partial charge in [0.05, 0.1) is 28.2 Å². The molecule has 6 aromatic rings. The number of sulfonamides is 1. The third kappa shape index (κ3) is 12.9. The number of hydrogen-bond donors (Lipinski definition) is 3. The summed E-state index contributed by atoms with van der Waals surface area (Å²) in [5.74, 6) is 0.161. The van der Waals surface area contributed by atoms with Crippen molar-refractivity contribution < 1.29 is 50.0 Å². The molecule has 2 aromatic heterocycles. The fourth-order valence-corrected chi connectivity index (χ4v) is 9.40. The van der Waals surface area contributed by atoms with Gasteiger partial charge in [-0.3, -0.25) is 19.8 Å². The van der Waals surface area contributed by atoms with E-state index in [1.165, 1.54) is 41.1 Å². The zero-order chi connectivity index (χ0) is 45.7. The maximum absolute atomic E-state index is 14.0. The van der Waals surface area contributed by atoms with Gasteiger partial charge < -0.3 is 46.5 Å². The number of ether oxygens (including phenoxy) is 2. The number of amides is 1. The molecule has 2 aliphatic rings. The van der Waals surface area contributed by atoms with Crippen LogP contribution in [-0.2, 0) is 38.9 Å². The van der Waals surface area contributed by atoms with Crippen LogP contribution in [0.4, 0.5) is 17.1 Å². The van der Waals surface area contributed by atoms with Crippen molar-refractivity contribution in [2.45, 2.75) is 51.0 Å². The van der Waals surface area contributed by atoms with E-state index in [1.807, 2.05) is 30.3 Å². The predicted octanol–water partition coefficient (Wildman–Crippen LogP) is 10.9. The second-order valence-corrected chi connectivity index (χ2v) is 19.3. The van der Waals surface area contributed by atoms with E-state index in [-0.39, 0.29) is 66.2 Å². The van der Waals surface area contributed by atoms with Crippen molar-refractivity contribution in [1.82, 2.24) is 19.6 Å². The van der Waals surface area contributed by atoms with Crippen LogP contribution in [0.2, 0.25) is 5.02 Å². The normalized spacial score (nSPS) is 14.8. The third-order valence-corrected chi connectivity index (χ3v) is 13.4. The first-order valence-electron chi connectivity index (χ1n) is 21.5. The number of anilines is 2. The summed E-state index contributed by atoms with van der Waals surface area (Å²) in [5.41, 5.74) is 6.16. The zero-order valence-electron chi connectivity index (χ0n) is 38.6. The number of aromatic amines is 1. The van der Waals surface area contributed by atoms with Crippen LogP contribution in [0.1, 0.15) is 61.0 Å². The van der Waals surface area contributed by atoms with Crippen LogP contribution in [0.15, 0.2) is 120 Å². The molecule has 1 saturated heterocycles. The van der Waals surface area contributed by atoms with Crippen molar-refractivity contribution in [1.29, 1.82) is 0 Å². The van der Waals surface area contributed by atoms with Gasteiger partial charge in [-0.15, -0.1) is 6.42 Å². The van der Waals surface area contributed by atoms with Crippen molar-refractivity contribution >= 4 is 61.2 Å². The Bertz CT molecular complexity index is 2850. The van der Waals surface area contributed by atoms with Gasteiger partial charge in [0.2, 0.25) is 0 Å². The van der Waals surface area contributed by atoms with Gasteiger partial charge >= 0.3 is 22.4 Å². The number of piperazine rings is 1. The predicted molar refractivity (Wildman–Crippen MR) is 267 cm³/mol. The van der Waals surface area contributed by atoms with Crippen LogP contribution in [0, 0.1) is 37.3 Å². The van der Waals surface area contributed by atoms with E-state index in [2.05, 4.69) is 62.7 Å². The Kier molecular flexibility index (Phi) is 18.1. The molecule has 0 bridgehead atoms. The number of aromatic nitrogens is 2. The number of carbonyl (C=O) groups is 1. The summed E-state index contributed by atoms with van der Waals surface area (Å²) < 4.78 is 41.5. The van der Waals surface area contributed by atoms with Crippen molar-refractivity contribution in [3.8, 4) is 17.2 Å². The molecule has 1 aliphatic carbocycles. The second-order valence-electron chi connectivity index (χ2n) is 17.1. The number of allylic oxidation sites excluding steroid dienone is 1. The molecule has 14 nitrogen and oxygen atoms in total. The average molecular weight is 1140 g/mol. The monoisotopic (exact) mass is 1140 g/mol. The Labute approximate surface area is 420 Å². The Hall–Kier alpha value is -5.68. The maximum atomic E-state index is 14.0. The third-order valence-electron chi connectivity index (χ3n) is 11.9. The Morgan fingerprint density at radius 2 is 1.69 bits per heavy atom. The largest absolute Gasteiger partial charge is 3.00 e. The van der Waals surface area contributed by atoms with Crippen molar-refractivity contribution in [3.05, 3.63) is 169 Å². The van der Waals surface area contributed by atoms with E-state index < -0.39 is 31.4 Å². The summed E-state index contributed by atoms with van der Waals surface area (Å²) in [6, 6.07) is 27.5. The van der Waals surface area contributed by atoms with Gasteiger partial charge in [-0.2, -0.15) is 0 Å². The fraction of sp³-hybridized carbons (Fsp3) is 0.275. The van der Waals surface area contributed by atoms with E-state index in [4.69, 9.17) is 21.1 Å². The van der Waals surface area contributed by atoms with Crippen LogP contribution >= 0.6 is 11.6 Å². The van der Waals surface area contributed by atoms with Crippen LogP contribution in [-0.4, -0.2) is 73.4 Å². The summed E-state index contributed by atoms with van der Waals surface area (Å²) in [6.07, 6.45) is 7.08. The molecule has 1 aliphatic heterocycles. The van der Waals surface area contributed by atoms with Crippen molar-refractivity contribution in [3.63, 3.8) is 0 Å². The SMILES string of the molecule is [Au+3].[CH2-]CCOc1ccc(CNc2ccc(S(=O)(=O)NC(=O)c3ccc(N4CCN(CC5=C(c6ccc(Cl)cc6)CC(C)(C)CC5)CC4)cc3Oc3cnc4[nH]ccc4c3)cc2[N+](=O)[O-])cc1.[CH3-].[CH3-]. The minimum absolute atomic E-state index is 0. The summed E-state index contributed by atoms with van der Waals surface area (Å²) in [5, 5.41) is 16.7. The maximum Gasteiger partial charge on any atom is 3.00 e. The summed E-state index contributed by atoms with van der Waals surface area (Å²) in [6.45, 7) is 13.1. The van der Waals surface area contributed by atoms with E-state index in [0.717, 1.165) is 66.6 Å². The number of halogens is 1. The molecular formula is C51H57AuClN7O7S. The summed E-state index contributed by atoms with van der Waals surface area (Å²) >= 11 is 6.24. The molecule has 3 N–H and O–H groups in total. The van der Waals surface area contributed by atoms with E-state index in [1.54, 1.807) is 36.5 Å². The number of nitro groups is 1. The van der Waals surface area contributed by atoms with E-state index in [0.29, 0.717) is 43.3 Å². The summed E-state index contributed by atoms with van der Waals surface area (Å²) in [4.78, 5) is 37.2. The number of carbonyl (C=O) groups excluding carboxylic acids is 1. The first-order chi connectivity index (χ1) is 31.2. The smallest absolute Gasteiger partial charge is 0.496 e. The van der Waals surface area contributed by atoms with Crippen molar-refractivity contribution in [2.75, 3.05) is 49.5 Å². The number of fused-ring (bicyclic) bond motifs is 1. The number of rotatable bonds is 16. The van der Waals surface area contributed by atoms with Gasteiger partial charge in [0.15, 0.2) is 0 Å². The van der Waals surface area contributed by atoms with Gasteiger partial charge in [-0.25, -0.2) is 18.1 Å². The molecule has 1 fully saturated rings. The zero-order valence-corrected chi connectivity index (χ0v) is 42.4. The number of nitrogens with zero attached hydrogens (tertiary/aromatic N) is 4. The molecule has 0 radical (unpaired) electrons. The quantitative estimate of drug-likeness (QED) is 0.0364. The second kappa shape index (κ2) is 23.1. The van der Waals surface area contributed by atoms with Crippen LogP contribution < -0.4 is 24.4 Å². The molecule has 0 atom stereocenters. The molecule has 0 saturated carbocycles. The summed E-state index contributed by atoms with van der Waals surface area (Å²) in [7, 11) is -4.60. The Morgan fingerprint density at radius 3 is 2.40 bits per heavy atom. The van der Waals surface area contributed by atoms with Crippen molar-refractivity contribution in [2.24, 2.45) is 5.41 Å². The van der Waals surface area contributed by atoms with Gasteiger partial charge in [-0.05, 0) is 102 Å². The van der Waals surface area contributed by atoms with Crippen LogP contribution in [0.5, 0.6) is 17.2 Å². The molecule has 0 unspecified atom stereocenters. The number of pyridine rings is 1. The van der Waals surface area contributed by atoms with Gasteiger partial charge in [-0.1, -0.05) is 55.3 Å². The fourth-order valence-electron chi connectivity index (χ4n) is 8.29. The Balaban J connectivity index is 0.00000288. The first-order valence-corrected chi connectivity index (χ1v) is 23.4. The molecular weight excluding hydrogens is 1090 g/mol. The number of nitrogens with one attached hydrogen (secondary N) is 3. The first kappa shape index (κ1) is 53.3. The molecule has 1 amide bonds. The molecule has 68 heavy (non-hydrogen) atoms. The van der Waals surface area contributed by atoms with E-state index >= 15 is 0 Å². The molecule has 17 heteroatoms.